The summed E-state index contributed by atoms with van der Waals surface area (Å²) in [5.41, 5.74) is 0.603. The number of halogens is 1. The number of hydrogen-bond donors (Lipinski definition) is 2. The zero-order valence-corrected chi connectivity index (χ0v) is 14.0. The fourth-order valence-electron chi connectivity index (χ4n) is 2.52. The van der Waals surface area contributed by atoms with Crippen LogP contribution in [0.4, 0.5) is 4.39 Å². The molecule has 1 aromatic carbocycles. The van der Waals surface area contributed by atoms with Gasteiger partial charge in [-0.15, -0.1) is 0 Å². The molecule has 6 heteroatoms. The van der Waals surface area contributed by atoms with Gasteiger partial charge < -0.3 is 15.4 Å². The minimum absolute atomic E-state index is 0.214. The first-order chi connectivity index (χ1) is 11.2. The molecule has 2 N–H and O–H groups in total. The van der Waals surface area contributed by atoms with Crippen molar-refractivity contribution >= 4 is 5.96 Å². The summed E-state index contributed by atoms with van der Waals surface area (Å²) in [6.07, 6.45) is 0. The van der Waals surface area contributed by atoms with Crippen LogP contribution < -0.4 is 10.6 Å². The predicted octanol–water partition coefficient (Wildman–Crippen LogP) is 1.60. The number of benzene rings is 1. The van der Waals surface area contributed by atoms with Crippen molar-refractivity contribution in [3.05, 3.63) is 35.6 Å². The molecule has 0 spiro atoms. The smallest absolute Gasteiger partial charge is 0.191 e. The highest BCUT2D eigenvalue weighted by Crippen LogP contribution is 2.07. The summed E-state index contributed by atoms with van der Waals surface area (Å²) in [5, 5.41) is 6.55. The van der Waals surface area contributed by atoms with Crippen LogP contribution in [0.5, 0.6) is 0 Å². The minimum atomic E-state index is -0.214. The molecule has 1 aromatic rings. The highest BCUT2D eigenvalue weighted by atomic mass is 19.1. The van der Waals surface area contributed by atoms with Crippen molar-refractivity contribution in [3.8, 4) is 0 Å². The highest BCUT2D eigenvalue weighted by Gasteiger charge is 2.16. The molecule has 0 radical (unpaired) electrons. The van der Waals surface area contributed by atoms with Gasteiger partial charge in [-0.1, -0.05) is 18.2 Å². The number of nitrogens with zero attached hydrogens (tertiary/aromatic N) is 2. The number of rotatable bonds is 6. The molecule has 1 aliphatic heterocycles. The third kappa shape index (κ3) is 5.80. The number of ether oxygens (including phenoxy) is 1. The lowest BCUT2D eigenvalue weighted by molar-refractivity contribution is 0.0211. The van der Waals surface area contributed by atoms with Crippen molar-refractivity contribution in [3.63, 3.8) is 0 Å². The molecule has 23 heavy (non-hydrogen) atoms. The maximum atomic E-state index is 13.7. The second-order valence-electron chi connectivity index (χ2n) is 5.66. The zero-order chi connectivity index (χ0) is 16.5. The quantitative estimate of drug-likeness (QED) is 0.617. The van der Waals surface area contributed by atoms with Gasteiger partial charge in [0.2, 0.25) is 0 Å². The second kappa shape index (κ2) is 9.47. The molecule has 1 aliphatic rings. The van der Waals surface area contributed by atoms with E-state index in [0.717, 1.165) is 45.4 Å². The van der Waals surface area contributed by atoms with Crippen LogP contribution in [0.25, 0.3) is 0 Å². The number of morpholine rings is 1. The molecular weight excluding hydrogens is 295 g/mol. The zero-order valence-electron chi connectivity index (χ0n) is 14.0. The van der Waals surface area contributed by atoms with Crippen molar-refractivity contribution in [2.45, 2.75) is 26.4 Å². The molecule has 0 aromatic heterocycles. The summed E-state index contributed by atoms with van der Waals surface area (Å²) in [6.45, 7) is 9.63. The molecule has 0 saturated carbocycles. The Bertz CT molecular complexity index is 503. The van der Waals surface area contributed by atoms with Crippen LogP contribution >= 0.6 is 0 Å². The monoisotopic (exact) mass is 322 g/mol. The second-order valence-corrected chi connectivity index (χ2v) is 5.66. The standard InChI is InChI=1S/C17H27FN4O/c1-3-19-17(21-13-15-6-4-5-7-16(15)18)20-12-14(2)22-8-10-23-11-9-22/h4-7,14H,3,8-13H2,1-2H3,(H2,19,20,21). The Morgan fingerprint density at radius 1 is 1.30 bits per heavy atom. The van der Waals surface area contributed by atoms with E-state index in [0.29, 0.717) is 18.2 Å². The minimum Gasteiger partial charge on any atom is -0.379 e. The van der Waals surface area contributed by atoms with Crippen molar-refractivity contribution < 1.29 is 9.13 Å². The van der Waals surface area contributed by atoms with E-state index in [1.54, 1.807) is 12.1 Å². The fraction of sp³-hybridized carbons (Fsp3) is 0.588. The van der Waals surface area contributed by atoms with Crippen LogP contribution in [0.1, 0.15) is 19.4 Å². The van der Waals surface area contributed by atoms with Crippen LogP contribution in [0, 0.1) is 5.82 Å². The average Bonchev–Trinajstić information content (AvgIpc) is 2.59. The Balaban J connectivity index is 1.87. The van der Waals surface area contributed by atoms with Gasteiger partial charge in [0.1, 0.15) is 5.82 Å². The molecule has 0 bridgehead atoms. The Hall–Kier alpha value is -1.66. The van der Waals surface area contributed by atoms with E-state index < -0.39 is 0 Å². The fourth-order valence-corrected chi connectivity index (χ4v) is 2.52. The molecule has 1 heterocycles. The van der Waals surface area contributed by atoms with Gasteiger partial charge in [0.25, 0.3) is 0 Å². The largest absolute Gasteiger partial charge is 0.379 e. The Morgan fingerprint density at radius 2 is 2.04 bits per heavy atom. The molecule has 128 valence electrons. The van der Waals surface area contributed by atoms with E-state index >= 15 is 0 Å². The summed E-state index contributed by atoms with van der Waals surface area (Å²) in [4.78, 5) is 6.87. The normalized spacial score (nSPS) is 17.8. The van der Waals surface area contributed by atoms with E-state index in [1.165, 1.54) is 6.07 Å². The first kappa shape index (κ1) is 17.7. The van der Waals surface area contributed by atoms with Crippen molar-refractivity contribution in [1.82, 2.24) is 15.5 Å². The van der Waals surface area contributed by atoms with Crippen molar-refractivity contribution in [1.29, 1.82) is 0 Å². The lowest BCUT2D eigenvalue weighted by Gasteiger charge is -2.32. The first-order valence-electron chi connectivity index (χ1n) is 8.28. The Labute approximate surface area is 137 Å². The summed E-state index contributed by atoms with van der Waals surface area (Å²) < 4.78 is 19.0. The topological polar surface area (TPSA) is 48.9 Å². The van der Waals surface area contributed by atoms with E-state index in [-0.39, 0.29) is 5.82 Å². The van der Waals surface area contributed by atoms with Gasteiger partial charge in [-0.25, -0.2) is 9.38 Å². The molecule has 1 atom stereocenters. The van der Waals surface area contributed by atoms with Gasteiger partial charge in [0.15, 0.2) is 5.96 Å². The van der Waals surface area contributed by atoms with Gasteiger partial charge in [-0.3, -0.25) is 4.90 Å². The highest BCUT2D eigenvalue weighted by molar-refractivity contribution is 5.79. The number of guanidine groups is 1. The summed E-state index contributed by atoms with van der Waals surface area (Å²) in [7, 11) is 0. The van der Waals surface area contributed by atoms with Crippen LogP contribution in [-0.2, 0) is 11.3 Å². The van der Waals surface area contributed by atoms with Gasteiger partial charge in [0, 0.05) is 37.8 Å². The molecule has 5 nitrogen and oxygen atoms in total. The summed E-state index contributed by atoms with van der Waals surface area (Å²) >= 11 is 0. The molecule has 1 unspecified atom stereocenters. The van der Waals surface area contributed by atoms with Crippen LogP contribution in [0.2, 0.25) is 0 Å². The van der Waals surface area contributed by atoms with Gasteiger partial charge in [0.05, 0.1) is 19.8 Å². The number of hydrogen-bond acceptors (Lipinski definition) is 3. The summed E-state index contributed by atoms with van der Waals surface area (Å²) in [5.74, 6) is 0.504. The van der Waals surface area contributed by atoms with E-state index in [9.17, 15) is 4.39 Å². The van der Waals surface area contributed by atoms with Crippen molar-refractivity contribution in [2.75, 3.05) is 39.4 Å². The number of nitrogens with one attached hydrogen (secondary N) is 2. The molecule has 0 amide bonds. The maximum absolute atomic E-state index is 13.7. The first-order valence-corrected chi connectivity index (χ1v) is 8.28. The molecule has 1 fully saturated rings. The molecule has 1 saturated heterocycles. The van der Waals surface area contributed by atoms with E-state index in [2.05, 4.69) is 27.4 Å². The van der Waals surface area contributed by atoms with Crippen molar-refractivity contribution in [2.24, 2.45) is 4.99 Å². The van der Waals surface area contributed by atoms with Gasteiger partial charge >= 0.3 is 0 Å². The van der Waals surface area contributed by atoms with Crippen LogP contribution in [0.3, 0.4) is 0 Å². The maximum Gasteiger partial charge on any atom is 0.191 e. The van der Waals surface area contributed by atoms with E-state index in [1.807, 2.05) is 13.0 Å². The Kier molecular flexibility index (Phi) is 7.29. The lowest BCUT2D eigenvalue weighted by atomic mass is 10.2. The Morgan fingerprint density at radius 3 is 2.74 bits per heavy atom. The SMILES string of the molecule is CCNC(=NCc1ccccc1F)NCC(C)N1CCOCC1. The average molecular weight is 322 g/mol. The third-order valence-electron chi connectivity index (χ3n) is 3.94. The van der Waals surface area contributed by atoms with Gasteiger partial charge in [-0.05, 0) is 19.9 Å². The molecule has 0 aliphatic carbocycles. The molecular formula is C17H27FN4O. The van der Waals surface area contributed by atoms with E-state index in [4.69, 9.17) is 4.74 Å². The van der Waals surface area contributed by atoms with Crippen LogP contribution in [-0.4, -0.2) is 56.3 Å². The predicted molar refractivity (Wildman–Crippen MR) is 91.1 cm³/mol. The lowest BCUT2D eigenvalue weighted by Crippen LogP contribution is -2.49. The molecule has 2 rings (SSSR count). The third-order valence-corrected chi connectivity index (χ3v) is 3.94. The number of aliphatic imine (C=N–C) groups is 1. The summed E-state index contributed by atoms with van der Waals surface area (Å²) in [6, 6.07) is 7.14. The van der Waals surface area contributed by atoms with Crippen LogP contribution in [0.15, 0.2) is 29.3 Å². The van der Waals surface area contributed by atoms with Gasteiger partial charge in [-0.2, -0.15) is 0 Å².